The molecule has 1 fully saturated rings. The first-order chi connectivity index (χ1) is 15.4. The van der Waals surface area contributed by atoms with Crippen molar-refractivity contribution in [2.45, 2.75) is 6.61 Å². The van der Waals surface area contributed by atoms with Gasteiger partial charge in [0.2, 0.25) is 0 Å². The molecule has 0 aliphatic carbocycles. The minimum absolute atomic E-state index is 0.222. The molecule has 1 N–H and O–H groups in total. The Morgan fingerprint density at radius 3 is 2.09 bits per heavy atom. The molecule has 1 saturated heterocycles. The van der Waals surface area contributed by atoms with Gasteiger partial charge < -0.3 is 4.74 Å². The van der Waals surface area contributed by atoms with Crippen molar-refractivity contribution in [2.24, 2.45) is 0 Å². The molecule has 0 spiro atoms. The highest BCUT2D eigenvalue weighted by Gasteiger charge is 2.36. The van der Waals surface area contributed by atoms with Crippen molar-refractivity contribution in [1.29, 1.82) is 0 Å². The van der Waals surface area contributed by atoms with Gasteiger partial charge in [0.1, 0.15) is 12.2 Å². The summed E-state index contributed by atoms with van der Waals surface area (Å²) in [5.74, 6) is -1.26. The highest BCUT2D eigenvalue weighted by Crippen LogP contribution is 2.35. The predicted molar refractivity (Wildman–Crippen MR) is 123 cm³/mol. The van der Waals surface area contributed by atoms with Crippen molar-refractivity contribution < 1.29 is 19.1 Å². The van der Waals surface area contributed by atoms with Gasteiger partial charge in [-0.15, -0.1) is 0 Å². The molecule has 0 aromatic heterocycles. The third-order valence-electron chi connectivity index (χ3n) is 4.67. The van der Waals surface area contributed by atoms with E-state index in [1.807, 2.05) is 30.3 Å². The molecule has 6 nitrogen and oxygen atoms in total. The molecule has 4 amide bonds. The largest absolute Gasteiger partial charge is 0.486 e. The lowest BCUT2D eigenvalue weighted by atomic mass is 10.1. The number of amides is 4. The molecular weight excluding hydrogens is 451 g/mol. The zero-order valence-corrected chi connectivity index (χ0v) is 18.1. The highest BCUT2D eigenvalue weighted by atomic mass is 35.5. The quantitative estimate of drug-likeness (QED) is 0.412. The number of nitrogens with one attached hydrogen (secondary N) is 1. The average molecular weight is 467 g/mol. The summed E-state index contributed by atoms with van der Waals surface area (Å²) in [6, 6.07) is 20.1. The molecule has 0 bridgehead atoms. The van der Waals surface area contributed by atoms with Crippen LogP contribution >= 0.6 is 23.2 Å². The van der Waals surface area contributed by atoms with Crippen LogP contribution in [-0.2, 0) is 16.2 Å². The van der Waals surface area contributed by atoms with Crippen LogP contribution in [0.4, 0.5) is 10.5 Å². The van der Waals surface area contributed by atoms with Crippen molar-refractivity contribution in [1.82, 2.24) is 5.32 Å². The summed E-state index contributed by atoms with van der Waals surface area (Å²) in [5, 5.41) is 2.62. The molecule has 8 heteroatoms. The van der Waals surface area contributed by atoms with Crippen LogP contribution in [0.25, 0.3) is 6.08 Å². The molecule has 0 atom stereocenters. The van der Waals surface area contributed by atoms with Crippen molar-refractivity contribution >= 4 is 52.8 Å². The summed E-state index contributed by atoms with van der Waals surface area (Å²) < 4.78 is 5.75. The van der Waals surface area contributed by atoms with Crippen LogP contribution in [0, 0.1) is 0 Å². The number of anilines is 1. The van der Waals surface area contributed by atoms with Gasteiger partial charge >= 0.3 is 6.03 Å². The van der Waals surface area contributed by atoms with Crippen LogP contribution in [0.1, 0.15) is 11.1 Å². The number of para-hydroxylation sites is 1. The van der Waals surface area contributed by atoms with Gasteiger partial charge in [0.15, 0.2) is 5.75 Å². The normalized spacial score (nSPS) is 15.1. The Kier molecular flexibility index (Phi) is 6.25. The third-order valence-corrected chi connectivity index (χ3v) is 5.24. The minimum atomic E-state index is -0.816. The number of urea groups is 1. The van der Waals surface area contributed by atoms with E-state index >= 15 is 0 Å². The van der Waals surface area contributed by atoms with Crippen LogP contribution in [-0.4, -0.2) is 17.8 Å². The second kappa shape index (κ2) is 9.26. The number of halogens is 2. The Balaban J connectivity index is 1.61. The van der Waals surface area contributed by atoms with Gasteiger partial charge in [-0.25, -0.2) is 9.69 Å². The molecular formula is C24H16Cl2N2O4. The second-order valence-electron chi connectivity index (χ2n) is 6.88. The van der Waals surface area contributed by atoms with E-state index in [4.69, 9.17) is 27.9 Å². The summed E-state index contributed by atoms with van der Waals surface area (Å²) >= 11 is 12.7. The first kappa shape index (κ1) is 21.6. The molecule has 160 valence electrons. The topological polar surface area (TPSA) is 75.7 Å². The SMILES string of the molecule is O=C1NC(=O)N(c2ccccc2)C(=O)/C1=C/c1cc(Cl)c(OCc2ccccc2)c(Cl)c1. The van der Waals surface area contributed by atoms with Crippen LogP contribution in [0.3, 0.4) is 0 Å². The van der Waals surface area contributed by atoms with E-state index in [0.717, 1.165) is 10.5 Å². The molecule has 0 radical (unpaired) electrons. The Morgan fingerprint density at radius 1 is 0.875 bits per heavy atom. The lowest BCUT2D eigenvalue weighted by molar-refractivity contribution is -0.122. The number of rotatable bonds is 5. The fraction of sp³-hybridized carbons (Fsp3) is 0.0417. The number of nitrogens with zero attached hydrogens (tertiary/aromatic N) is 1. The predicted octanol–water partition coefficient (Wildman–Crippen LogP) is 5.24. The molecule has 4 rings (SSSR count). The number of imide groups is 2. The van der Waals surface area contributed by atoms with Crippen LogP contribution in [0.15, 0.2) is 78.4 Å². The first-order valence-corrected chi connectivity index (χ1v) is 10.3. The van der Waals surface area contributed by atoms with Gasteiger partial charge in [0.25, 0.3) is 11.8 Å². The summed E-state index contributed by atoms with van der Waals surface area (Å²) in [6.07, 6.45) is 1.33. The molecule has 0 saturated carbocycles. The van der Waals surface area contributed by atoms with E-state index < -0.39 is 17.8 Å². The van der Waals surface area contributed by atoms with Crippen molar-refractivity contribution in [2.75, 3.05) is 4.90 Å². The Bertz CT molecular complexity index is 1200. The number of hydrogen-bond acceptors (Lipinski definition) is 4. The number of benzene rings is 3. The minimum Gasteiger partial charge on any atom is -0.486 e. The number of carbonyl (C=O) groups excluding carboxylic acids is 3. The summed E-state index contributed by atoms with van der Waals surface area (Å²) in [6.45, 7) is 0.274. The standard InChI is InChI=1S/C24H16Cl2N2O4/c25-19-12-16(13-20(26)21(19)32-14-15-7-3-1-4-8-15)11-18-22(29)27-24(31)28(23(18)30)17-9-5-2-6-10-17/h1-13H,14H2,(H,27,29,31)/b18-11+. The van der Waals surface area contributed by atoms with E-state index in [1.165, 1.54) is 18.2 Å². The van der Waals surface area contributed by atoms with Crippen molar-refractivity contribution in [3.8, 4) is 5.75 Å². The Labute approximate surface area is 194 Å². The molecule has 1 aliphatic heterocycles. The van der Waals surface area contributed by atoms with Crippen molar-refractivity contribution in [3.05, 3.63) is 99.5 Å². The van der Waals surface area contributed by atoms with Gasteiger partial charge in [-0.05, 0) is 41.5 Å². The average Bonchev–Trinajstić information content (AvgIpc) is 2.77. The van der Waals surface area contributed by atoms with Gasteiger partial charge in [-0.1, -0.05) is 71.7 Å². The number of carbonyl (C=O) groups is 3. The maximum absolute atomic E-state index is 12.9. The maximum Gasteiger partial charge on any atom is 0.335 e. The van der Waals surface area contributed by atoms with Crippen LogP contribution < -0.4 is 15.0 Å². The lowest BCUT2D eigenvalue weighted by Crippen LogP contribution is -2.54. The molecule has 0 unspecified atom stereocenters. The highest BCUT2D eigenvalue weighted by molar-refractivity contribution is 6.40. The van der Waals surface area contributed by atoms with E-state index in [9.17, 15) is 14.4 Å². The first-order valence-electron chi connectivity index (χ1n) is 9.56. The smallest absolute Gasteiger partial charge is 0.335 e. The lowest BCUT2D eigenvalue weighted by Gasteiger charge is -2.26. The van der Waals surface area contributed by atoms with E-state index in [1.54, 1.807) is 30.3 Å². The molecule has 1 aliphatic rings. The zero-order valence-electron chi connectivity index (χ0n) is 16.5. The summed E-state index contributed by atoms with van der Waals surface area (Å²) in [4.78, 5) is 38.4. The monoisotopic (exact) mass is 466 g/mol. The maximum atomic E-state index is 12.9. The van der Waals surface area contributed by atoms with Crippen LogP contribution in [0.2, 0.25) is 10.0 Å². The fourth-order valence-electron chi connectivity index (χ4n) is 3.17. The van der Waals surface area contributed by atoms with E-state index in [0.29, 0.717) is 17.0 Å². The molecule has 3 aromatic carbocycles. The van der Waals surface area contributed by atoms with E-state index in [2.05, 4.69) is 5.32 Å². The Morgan fingerprint density at radius 2 is 1.47 bits per heavy atom. The van der Waals surface area contributed by atoms with Gasteiger partial charge in [-0.2, -0.15) is 0 Å². The van der Waals surface area contributed by atoms with Gasteiger partial charge in [0, 0.05) is 0 Å². The van der Waals surface area contributed by atoms with Crippen LogP contribution in [0.5, 0.6) is 5.75 Å². The zero-order chi connectivity index (χ0) is 22.7. The number of ether oxygens (including phenoxy) is 1. The number of hydrogen-bond donors (Lipinski definition) is 1. The van der Waals surface area contributed by atoms with E-state index in [-0.39, 0.29) is 22.2 Å². The summed E-state index contributed by atoms with van der Waals surface area (Å²) in [5.41, 5.74) is 1.47. The molecule has 1 heterocycles. The Hall–Kier alpha value is -3.61. The fourth-order valence-corrected chi connectivity index (χ4v) is 3.78. The van der Waals surface area contributed by atoms with Gasteiger partial charge in [-0.3, -0.25) is 14.9 Å². The third kappa shape index (κ3) is 4.51. The molecule has 3 aromatic rings. The number of barbiturate groups is 1. The summed E-state index contributed by atoms with van der Waals surface area (Å²) in [7, 11) is 0. The van der Waals surface area contributed by atoms with Gasteiger partial charge in [0.05, 0.1) is 15.7 Å². The molecule has 32 heavy (non-hydrogen) atoms. The van der Waals surface area contributed by atoms with Crippen molar-refractivity contribution in [3.63, 3.8) is 0 Å². The second-order valence-corrected chi connectivity index (χ2v) is 7.70.